The largest absolute Gasteiger partial charge is 0.383 e. The molecule has 0 atom stereocenters. The van der Waals surface area contributed by atoms with Crippen LogP contribution in [0.2, 0.25) is 0 Å². The van der Waals surface area contributed by atoms with Crippen LogP contribution in [0.5, 0.6) is 0 Å². The lowest BCUT2D eigenvalue weighted by Gasteiger charge is -2.17. The van der Waals surface area contributed by atoms with E-state index in [9.17, 15) is 0 Å². The Hall–Kier alpha value is -0.860. The van der Waals surface area contributed by atoms with Gasteiger partial charge in [0.15, 0.2) is 5.96 Å². The smallest absolute Gasteiger partial charge is 0.191 e. The van der Waals surface area contributed by atoms with E-state index in [4.69, 9.17) is 9.73 Å². The molecule has 1 aromatic carbocycles. The van der Waals surface area contributed by atoms with Gasteiger partial charge in [0.1, 0.15) is 0 Å². The minimum absolute atomic E-state index is 0. The molecule has 0 saturated carbocycles. The van der Waals surface area contributed by atoms with E-state index in [2.05, 4.69) is 61.6 Å². The Labute approximate surface area is 170 Å². The Bertz CT molecular complexity index is 508. The van der Waals surface area contributed by atoms with E-state index in [1.54, 1.807) is 7.11 Å². The SMILES string of the molecule is CCNC(=NCc1ccc(C)cc1C)NCCCN(C)CCOC.I. The van der Waals surface area contributed by atoms with Crippen LogP contribution in [-0.2, 0) is 11.3 Å². The summed E-state index contributed by atoms with van der Waals surface area (Å²) in [6.07, 6.45) is 1.08. The first kappa shape index (κ1) is 24.1. The third kappa shape index (κ3) is 10.7. The van der Waals surface area contributed by atoms with Crippen molar-refractivity contribution in [3.63, 3.8) is 0 Å². The summed E-state index contributed by atoms with van der Waals surface area (Å²) in [6.45, 7) is 11.6. The van der Waals surface area contributed by atoms with Crippen molar-refractivity contribution < 1.29 is 4.74 Å². The highest BCUT2D eigenvalue weighted by molar-refractivity contribution is 14.0. The number of nitrogens with one attached hydrogen (secondary N) is 2. The Morgan fingerprint density at radius 2 is 1.96 bits per heavy atom. The van der Waals surface area contributed by atoms with Crippen molar-refractivity contribution in [2.75, 3.05) is 46.9 Å². The quantitative estimate of drug-likeness (QED) is 0.243. The number of benzene rings is 1. The Balaban J connectivity index is 0.00000576. The Kier molecular flexibility index (Phi) is 13.8. The molecular weight excluding hydrogens is 427 g/mol. The van der Waals surface area contributed by atoms with E-state index in [0.29, 0.717) is 6.54 Å². The number of hydrogen-bond donors (Lipinski definition) is 2. The van der Waals surface area contributed by atoms with Crippen LogP contribution < -0.4 is 10.6 Å². The van der Waals surface area contributed by atoms with E-state index in [0.717, 1.165) is 45.2 Å². The third-order valence-corrected chi connectivity index (χ3v) is 3.94. The zero-order valence-electron chi connectivity index (χ0n) is 16.4. The van der Waals surface area contributed by atoms with Gasteiger partial charge in [0.2, 0.25) is 0 Å². The molecule has 1 aromatic rings. The maximum absolute atomic E-state index is 5.09. The second-order valence-corrected chi connectivity index (χ2v) is 6.20. The van der Waals surface area contributed by atoms with Gasteiger partial charge in [0.05, 0.1) is 13.2 Å². The molecule has 0 spiro atoms. The number of methoxy groups -OCH3 is 1. The fourth-order valence-electron chi connectivity index (χ4n) is 2.44. The highest BCUT2D eigenvalue weighted by atomic mass is 127. The highest BCUT2D eigenvalue weighted by Crippen LogP contribution is 2.11. The van der Waals surface area contributed by atoms with Crippen molar-refractivity contribution in [2.24, 2.45) is 4.99 Å². The monoisotopic (exact) mass is 462 g/mol. The van der Waals surface area contributed by atoms with Gasteiger partial charge < -0.3 is 20.3 Å². The van der Waals surface area contributed by atoms with E-state index in [1.165, 1.54) is 16.7 Å². The number of likely N-dealkylation sites (N-methyl/N-ethyl adjacent to an activating group) is 1. The first-order valence-corrected chi connectivity index (χ1v) is 8.82. The van der Waals surface area contributed by atoms with Gasteiger partial charge >= 0.3 is 0 Å². The number of aliphatic imine (C=N–C) groups is 1. The maximum atomic E-state index is 5.09. The lowest BCUT2D eigenvalue weighted by Crippen LogP contribution is -2.38. The van der Waals surface area contributed by atoms with Crippen LogP contribution in [0.25, 0.3) is 0 Å². The van der Waals surface area contributed by atoms with E-state index in [1.807, 2.05) is 0 Å². The van der Waals surface area contributed by atoms with Gasteiger partial charge in [-0.1, -0.05) is 23.8 Å². The van der Waals surface area contributed by atoms with Crippen LogP contribution in [0.3, 0.4) is 0 Å². The van der Waals surface area contributed by atoms with Gasteiger partial charge in [-0.15, -0.1) is 24.0 Å². The van der Waals surface area contributed by atoms with Gasteiger partial charge in [-0.05, 0) is 51.9 Å². The second kappa shape index (κ2) is 14.3. The summed E-state index contributed by atoms with van der Waals surface area (Å²) in [5.74, 6) is 0.886. The summed E-state index contributed by atoms with van der Waals surface area (Å²) in [5, 5.41) is 6.73. The zero-order chi connectivity index (χ0) is 17.8. The average molecular weight is 462 g/mol. The number of rotatable bonds is 10. The molecule has 1 rings (SSSR count). The standard InChI is InChI=1S/C19H34N4O.HI/c1-6-20-19(21-10-7-11-23(4)12-13-24-5)22-15-18-9-8-16(2)14-17(18)3;/h8-9,14H,6-7,10-13,15H2,1-5H3,(H2,20,21,22);1H. The Morgan fingerprint density at radius 3 is 2.60 bits per heavy atom. The highest BCUT2D eigenvalue weighted by Gasteiger charge is 2.01. The average Bonchev–Trinajstić information content (AvgIpc) is 2.55. The number of nitrogens with zero attached hydrogens (tertiary/aromatic N) is 2. The molecule has 0 aromatic heterocycles. The molecule has 0 saturated heterocycles. The van der Waals surface area contributed by atoms with Crippen molar-refractivity contribution >= 4 is 29.9 Å². The van der Waals surface area contributed by atoms with Crippen molar-refractivity contribution in [1.82, 2.24) is 15.5 Å². The molecular formula is C19H35IN4O. The predicted molar refractivity (Wildman–Crippen MR) is 118 cm³/mol. The van der Waals surface area contributed by atoms with Crippen LogP contribution in [0.4, 0.5) is 0 Å². The summed E-state index contributed by atoms with van der Waals surface area (Å²) < 4.78 is 5.09. The number of guanidine groups is 1. The van der Waals surface area contributed by atoms with Crippen LogP contribution in [0.15, 0.2) is 23.2 Å². The maximum Gasteiger partial charge on any atom is 0.191 e. The van der Waals surface area contributed by atoms with Crippen LogP contribution >= 0.6 is 24.0 Å². The normalized spacial score (nSPS) is 11.4. The fourth-order valence-corrected chi connectivity index (χ4v) is 2.44. The summed E-state index contributed by atoms with van der Waals surface area (Å²) in [4.78, 5) is 6.98. The molecule has 0 aliphatic heterocycles. The van der Waals surface area contributed by atoms with E-state index >= 15 is 0 Å². The molecule has 2 N–H and O–H groups in total. The number of aryl methyl sites for hydroxylation is 2. The molecule has 25 heavy (non-hydrogen) atoms. The molecule has 5 nitrogen and oxygen atoms in total. The molecule has 6 heteroatoms. The minimum atomic E-state index is 0. The van der Waals surface area contributed by atoms with Gasteiger partial charge in [0, 0.05) is 26.7 Å². The predicted octanol–water partition coefficient (Wildman–Crippen LogP) is 2.94. The number of hydrogen-bond acceptors (Lipinski definition) is 3. The molecule has 0 fully saturated rings. The van der Waals surface area contributed by atoms with Crippen molar-refractivity contribution in [3.8, 4) is 0 Å². The summed E-state index contributed by atoms with van der Waals surface area (Å²) in [6, 6.07) is 6.53. The molecule has 0 radical (unpaired) electrons. The summed E-state index contributed by atoms with van der Waals surface area (Å²) in [7, 11) is 3.86. The first-order chi connectivity index (χ1) is 11.6. The summed E-state index contributed by atoms with van der Waals surface area (Å²) in [5.41, 5.74) is 3.87. The third-order valence-electron chi connectivity index (χ3n) is 3.94. The van der Waals surface area contributed by atoms with Crippen molar-refractivity contribution in [3.05, 3.63) is 34.9 Å². The van der Waals surface area contributed by atoms with Crippen LogP contribution in [0, 0.1) is 13.8 Å². The lowest BCUT2D eigenvalue weighted by molar-refractivity contribution is 0.161. The number of halogens is 1. The lowest BCUT2D eigenvalue weighted by atomic mass is 10.1. The molecule has 0 amide bonds. The van der Waals surface area contributed by atoms with Crippen LogP contribution in [-0.4, -0.2) is 57.8 Å². The van der Waals surface area contributed by atoms with Gasteiger partial charge in [-0.3, -0.25) is 0 Å². The van der Waals surface area contributed by atoms with Crippen molar-refractivity contribution in [1.29, 1.82) is 0 Å². The fraction of sp³-hybridized carbons (Fsp3) is 0.632. The van der Waals surface area contributed by atoms with Crippen molar-refractivity contribution in [2.45, 2.75) is 33.7 Å². The van der Waals surface area contributed by atoms with E-state index in [-0.39, 0.29) is 24.0 Å². The topological polar surface area (TPSA) is 48.9 Å². The Morgan fingerprint density at radius 1 is 1.20 bits per heavy atom. The van der Waals surface area contributed by atoms with Crippen LogP contribution in [0.1, 0.15) is 30.0 Å². The second-order valence-electron chi connectivity index (χ2n) is 6.20. The van der Waals surface area contributed by atoms with Gasteiger partial charge in [0.25, 0.3) is 0 Å². The minimum Gasteiger partial charge on any atom is -0.383 e. The molecule has 0 bridgehead atoms. The molecule has 0 unspecified atom stereocenters. The molecule has 144 valence electrons. The van der Waals surface area contributed by atoms with Gasteiger partial charge in [-0.2, -0.15) is 0 Å². The van der Waals surface area contributed by atoms with Gasteiger partial charge in [-0.25, -0.2) is 4.99 Å². The zero-order valence-corrected chi connectivity index (χ0v) is 18.7. The first-order valence-electron chi connectivity index (χ1n) is 8.82. The molecule has 0 aliphatic rings. The molecule has 0 aliphatic carbocycles. The van der Waals surface area contributed by atoms with E-state index < -0.39 is 0 Å². The summed E-state index contributed by atoms with van der Waals surface area (Å²) >= 11 is 0. The number of ether oxygens (including phenoxy) is 1. The molecule has 0 heterocycles.